The van der Waals surface area contributed by atoms with E-state index in [9.17, 15) is 4.79 Å². The molecular formula is C40H46O2. The lowest BCUT2D eigenvalue weighted by Crippen LogP contribution is -2.10. The Morgan fingerprint density at radius 1 is 0.690 bits per heavy atom. The first-order chi connectivity index (χ1) is 19.8. The zero-order chi connectivity index (χ0) is 30.5. The molecule has 0 aliphatic rings. The number of ketones is 1. The number of rotatable bonds is 9. The van der Waals surface area contributed by atoms with Gasteiger partial charge in [0.2, 0.25) is 0 Å². The first-order valence-corrected chi connectivity index (χ1v) is 15.1. The molecule has 4 aromatic rings. The molecule has 0 aliphatic carbocycles. The molecule has 4 aromatic carbocycles. The Bertz CT molecular complexity index is 1430. The summed E-state index contributed by atoms with van der Waals surface area (Å²) in [7, 11) is 0. The van der Waals surface area contributed by atoms with Gasteiger partial charge in [0.25, 0.3) is 0 Å². The summed E-state index contributed by atoms with van der Waals surface area (Å²) >= 11 is 0. The Balaban J connectivity index is 1.56. The van der Waals surface area contributed by atoms with Crippen LogP contribution in [0.2, 0.25) is 0 Å². The third kappa shape index (κ3) is 8.32. The van der Waals surface area contributed by atoms with Gasteiger partial charge >= 0.3 is 0 Å². The molecule has 0 bridgehead atoms. The number of ether oxygens (including phenoxy) is 1. The van der Waals surface area contributed by atoms with Crippen LogP contribution in [0.5, 0.6) is 5.75 Å². The number of carbonyl (C=O) groups is 1. The Kier molecular flexibility index (Phi) is 9.57. The minimum Gasteiger partial charge on any atom is -0.490 e. The second-order valence-corrected chi connectivity index (χ2v) is 13.6. The average Bonchev–Trinajstić information content (AvgIpc) is 2.95. The highest BCUT2D eigenvalue weighted by atomic mass is 16.5. The molecule has 2 nitrogen and oxygen atoms in total. The monoisotopic (exact) mass is 558 g/mol. The Morgan fingerprint density at radius 2 is 1.17 bits per heavy atom. The van der Waals surface area contributed by atoms with E-state index in [1.807, 2.05) is 31.2 Å². The molecule has 4 rings (SSSR count). The van der Waals surface area contributed by atoms with Crippen LogP contribution in [0, 0.1) is 5.92 Å². The summed E-state index contributed by atoms with van der Waals surface area (Å²) in [5.74, 6) is 1.08. The molecule has 0 radical (unpaired) electrons. The van der Waals surface area contributed by atoms with Crippen LogP contribution in [0.1, 0.15) is 77.6 Å². The molecule has 218 valence electrons. The average molecular weight is 559 g/mol. The normalized spacial score (nSPS) is 12.9. The number of hydrogen-bond acceptors (Lipinski definition) is 2. The minimum absolute atomic E-state index is 0.0354. The van der Waals surface area contributed by atoms with Crippen molar-refractivity contribution >= 4 is 11.9 Å². The molecule has 0 aliphatic heterocycles. The molecule has 0 saturated carbocycles. The maximum absolute atomic E-state index is 11.6. The van der Waals surface area contributed by atoms with Gasteiger partial charge in [-0.15, -0.1) is 0 Å². The highest BCUT2D eigenvalue weighted by Gasteiger charge is 2.15. The number of Topliss-reactive ketones (excluding diaryl/α,β-unsaturated/α-hetero) is 1. The highest BCUT2D eigenvalue weighted by Crippen LogP contribution is 2.32. The summed E-state index contributed by atoms with van der Waals surface area (Å²) in [6.45, 7) is 17.6. The summed E-state index contributed by atoms with van der Waals surface area (Å²) in [6, 6.07) is 32.8. The van der Waals surface area contributed by atoms with Crippen LogP contribution in [0.15, 0.2) is 97.1 Å². The lowest BCUT2D eigenvalue weighted by atomic mass is 9.85. The Hall–Kier alpha value is -3.91. The van der Waals surface area contributed by atoms with Crippen molar-refractivity contribution < 1.29 is 9.53 Å². The molecule has 0 N–H and O–H groups in total. The lowest BCUT2D eigenvalue weighted by molar-refractivity contribution is -0.120. The van der Waals surface area contributed by atoms with Gasteiger partial charge in [0, 0.05) is 5.92 Å². The van der Waals surface area contributed by atoms with Gasteiger partial charge in [0.15, 0.2) is 0 Å². The standard InChI is InChI=1S/C40H46O2/c1-28(29(2)41)24-30-11-21-38(22-12-30)42-23-9-10-31-25-34(32-13-17-36(18-14-32)39(3,4)5)27-35(26-31)33-15-19-37(20-16-33)40(6,7)8/h9-22,25-28H,23-24H2,1-8H3/b10-9+. The van der Waals surface area contributed by atoms with E-state index in [0.29, 0.717) is 6.61 Å². The van der Waals surface area contributed by atoms with Gasteiger partial charge in [-0.05, 0) is 105 Å². The number of carbonyl (C=O) groups excluding carboxylic acids is 1. The fourth-order valence-corrected chi connectivity index (χ4v) is 4.95. The SMILES string of the molecule is CC(=O)C(C)Cc1ccc(OC/C=C/c2cc(-c3ccc(C(C)(C)C)cc3)cc(-c3ccc(C(C)(C)C)cc3)c2)cc1. The van der Waals surface area contributed by atoms with Gasteiger partial charge in [-0.2, -0.15) is 0 Å². The third-order valence-corrected chi connectivity index (χ3v) is 7.94. The second-order valence-electron chi connectivity index (χ2n) is 13.6. The smallest absolute Gasteiger partial charge is 0.132 e. The maximum Gasteiger partial charge on any atom is 0.132 e. The number of benzene rings is 4. The van der Waals surface area contributed by atoms with Crippen molar-refractivity contribution in [1.82, 2.24) is 0 Å². The van der Waals surface area contributed by atoms with Crippen molar-refractivity contribution in [3.05, 3.63) is 119 Å². The van der Waals surface area contributed by atoms with Gasteiger partial charge in [-0.1, -0.05) is 115 Å². The van der Waals surface area contributed by atoms with Crippen LogP contribution in [0.25, 0.3) is 28.3 Å². The largest absolute Gasteiger partial charge is 0.490 e. The third-order valence-electron chi connectivity index (χ3n) is 7.94. The molecule has 0 aromatic heterocycles. The van der Waals surface area contributed by atoms with Crippen LogP contribution >= 0.6 is 0 Å². The lowest BCUT2D eigenvalue weighted by Gasteiger charge is -2.20. The van der Waals surface area contributed by atoms with E-state index in [1.165, 1.54) is 33.4 Å². The van der Waals surface area contributed by atoms with Crippen molar-refractivity contribution in [2.24, 2.45) is 5.92 Å². The van der Waals surface area contributed by atoms with Crippen molar-refractivity contribution in [2.45, 2.75) is 72.6 Å². The predicted octanol–water partition coefficient (Wildman–Crippen LogP) is 10.5. The molecule has 0 saturated heterocycles. The summed E-state index contributed by atoms with van der Waals surface area (Å²) in [4.78, 5) is 11.6. The van der Waals surface area contributed by atoms with Crippen molar-refractivity contribution in [3.8, 4) is 28.0 Å². The van der Waals surface area contributed by atoms with Crippen LogP contribution in [0.4, 0.5) is 0 Å². The summed E-state index contributed by atoms with van der Waals surface area (Å²) in [6.07, 6.45) is 4.97. The first-order valence-electron chi connectivity index (χ1n) is 15.1. The van der Waals surface area contributed by atoms with Gasteiger partial charge in [0.05, 0.1) is 0 Å². The van der Waals surface area contributed by atoms with Crippen LogP contribution in [0.3, 0.4) is 0 Å². The molecular weight excluding hydrogens is 512 g/mol. The van der Waals surface area contributed by atoms with Crippen molar-refractivity contribution in [2.75, 3.05) is 6.61 Å². The van der Waals surface area contributed by atoms with E-state index in [0.717, 1.165) is 23.3 Å². The second kappa shape index (κ2) is 12.9. The molecule has 0 spiro atoms. The zero-order valence-corrected chi connectivity index (χ0v) is 26.6. The quantitative estimate of drug-likeness (QED) is 0.204. The van der Waals surface area contributed by atoms with Crippen molar-refractivity contribution in [3.63, 3.8) is 0 Å². The maximum atomic E-state index is 11.6. The van der Waals surface area contributed by atoms with E-state index in [-0.39, 0.29) is 22.5 Å². The fraction of sp³-hybridized carbons (Fsp3) is 0.325. The number of hydrogen-bond donors (Lipinski definition) is 0. The molecule has 0 heterocycles. The summed E-state index contributed by atoms with van der Waals surface area (Å²) in [5, 5.41) is 0. The highest BCUT2D eigenvalue weighted by molar-refractivity contribution is 5.78. The zero-order valence-electron chi connectivity index (χ0n) is 26.6. The van der Waals surface area contributed by atoms with Crippen LogP contribution < -0.4 is 4.74 Å². The molecule has 2 heteroatoms. The Labute approximate surface area is 253 Å². The van der Waals surface area contributed by atoms with Crippen molar-refractivity contribution in [1.29, 1.82) is 0 Å². The minimum atomic E-state index is 0.0354. The molecule has 1 atom stereocenters. The fourth-order valence-electron chi connectivity index (χ4n) is 4.95. The Morgan fingerprint density at radius 3 is 1.60 bits per heavy atom. The molecule has 42 heavy (non-hydrogen) atoms. The molecule has 0 amide bonds. The van der Waals surface area contributed by atoms with E-state index in [4.69, 9.17) is 4.74 Å². The topological polar surface area (TPSA) is 26.3 Å². The predicted molar refractivity (Wildman–Crippen MR) is 179 cm³/mol. The van der Waals surface area contributed by atoms with E-state index in [2.05, 4.69) is 120 Å². The van der Waals surface area contributed by atoms with Crippen LogP contribution in [-0.2, 0) is 22.0 Å². The van der Waals surface area contributed by atoms with Crippen LogP contribution in [-0.4, -0.2) is 12.4 Å². The molecule has 1 unspecified atom stereocenters. The molecule has 0 fully saturated rings. The summed E-state index contributed by atoms with van der Waals surface area (Å²) < 4.78 is 6.00. The first kappa shape index (κ1) is 31.0. The van der Waals surface area contributed by atoms with E-state index < -0.39 is 0 Å². The van der Waals surface area contributed by atoms with Gasteiger partial charge in [-0.25, -0.2) is 0 Å². The van der Waals surface area contributed by atoms with Gasteiger partial charge < -0.3 is 4.74 Å². The van der Waals surface area contributed by atoms with Gasteiger partial charge in [-0.3, -0.25) is 4.79 Å². The van der Waals surface area contributed by atoms with E-state index in [1.54, 1.807) is 6.92 Å². The van der Waals surface area contributed by atoms with E-state index >= 15 is 0 Å². The summed E-state index contributed by atoms with van der Waals surface area (Å²) in [5.41, 5.74) is 10.0. The van der Waals surface area contributed by atoms with Gasteiger partial charge in [0.1, 0.15) is 18.1 Å².